The molecule has 0 aliphatic carbocycles. The molecule has 3 rings (SSSR count). The average molecular weight is 398 g/mol. The molecule has 0 radical (unpaired) electrons. The van der Waals surface area contributed by atoms with Crippen LogP contribution in [-0.2, 0) is 20.7 Å². The standard InChI is InChI=1S/C16H13Cl2N3O3S/c1-9(15(23)20-13-3-2-10(17)6-12(13)18)24-14(22)7-11-8-21-4-5-25-16(21)19-11/h2-6,8-9H,7H2,1H3,(H,20,23). The molecule has 0 saturated carbocycles. The average Bonchev–Trinajstić information content (AvgIpc) is 3.11. The normalized spacial score (nSPS) is 12.1. The zero-order chi connectivity index (χ0) is 18.0. The van der Waals surface area contributed by atoms with E-state index in [2.05, 4.69) is 10.3 Å². The lowest BCUT2D eigenvalue weighted by molar-refractivity contribution is -0.152. The van der Waals surface area contributed by atoms with Crippen molar-refractivity contribution >= 4 is 57.1 Å². The summed E-state index contributed by atoms with van der Waals surface area (Å²) in [5, 5.41) is 5.26. The lowest BCUT2D eigenvalue weighted by Gasteiger charge is -2.14. The van der Waals surface area contributed by atoms with E-state index in [0.29, 0.717) is 21.4 Å². The number of halogens is 2. The first-order valence-corrected chi connectivity index (χ1v) is 8.92. The number of nitrogens with zero attached hydrogens (tertiary/aromatic N) is 2. The molecule has 0 bridgehead atoms. The maximum absolute atomic E-state index is 12.1. The van der Waals surface area contributed by atoms with Gasteiger partial charge in [0.2, 0.25) is 0 Å². The molecule has 1 aromatic carbocycles. The summed E-state index contributed by atoms with van der Waals surface area (Å²) in [6.07, 6.45) is 2.63. The summed E-state index contributed by atoms with van der Waals surface area (Å²) in [7, 11) is 0. The molecule has 1 unspecified atom stereocenters. The topological polar surface area (TPSA) is 72.7 Å². The van der Waals surface area contributed by atoms with Gasteiger partial charge in [0.25, 0.3) is 5.91 Å². The van der Waals surface area contributed by atoms with Crippen LogP contribution in [0.4, 0.5) is 5.69 Å². The summed E-state index contributed by atoms with van der Waals surface area (Å²) in [6.45, 7) is 1.49. The van der Waals surface area contributed by atoms with Crippen LogP contribution in [0.15, 0.2) is 36.0 Å². The van der Waals surface area contributed by atoms with Gasteiger partial charge in [-0.25, -0.2) is 4.98 Å². The van der Waals surface area contributed by atoms with Crippen molar-refractivity contribution in [1.82, 2.24) is 9.38 Å². The van der Waals surface area contributed by atoms with E-state index in [0.717, 1.165) is 4.96 Å². The van der Waals surface area contributed by atoms with Crippen molar-refractivity contribution in [3.05, 3.63) is 51.7 Å². The van der Waals surface area contributed by atoms with E-state index in [9.17, 15) is 9.59 Å². The highest BCUT2D eigenvalue weighted by molar-refractivity contribution is 7.15. The van der Waals surface area contributed by atoms with Crippen LogP contribution in [0.25, 0.3) is 4.96 Å². The van der Waals surface area contributed by atoms with Gasteiger partial charge in [-0.2, -0.15) is 0 Å². The smallest absolute Gasteiger partial charge is 0.312 e. The minimum absolute atomic E-state index is 0.00623. The maximum atomic E-state index is 12.1. The third kappa shape index (κ3) is 4.31. The van der Waals surface area contributed by atoms with E-state index in [4.69, 9.17) is 27.9 Å². The fraction of sp³-hybridized carbons (Fsp3) is 0.188. The maximum Gasteiger partial charge on any atom is 0.312 e. The molecule has 0 fully saturated rings. The molecule has 1 atom stereocenters. The summed E-state index contributed by atoms with van der Waals surface area (Å²) >= 11 is 13.3. The van der Waals surface area contributed by atoms with Crippen LogP contribution in [-0.4, -0.2) is 27.4 Å². The van der Waals surface area contributed by atoms with Crippen LogP contribution in [0.5, 0.6) is 0 Å². The number of carbonyl (C=O) groups is 2. The largest absolute Gasteiger partial charge is 0.452 e. The number of esters is 1. The fourth-order valence-corrected chi connectivity index (χ4v) is 3.30. The molecule has 1 amide bonds. The summed E-state index contributed by atoms with van der Waals surface area (Å²) < 4.78 is 6.98. The Morgan fingerprint density at radius 2 is 2.20 bits per heavy atom. The van der Waals surface area contributed by atoms with Gasteiger partial charge in [-0.15, -0.1) is 11.3 Å². The second-order valence-corrected chi connectivity index (χ2v) is 6.96. The molecular weight excluding hydrogens is 385 g/mol. The van der Waals surface area contributed by atoms with Crippen LogP contribution in [0.2, 0.25) is 10.0 Å². The predicted molar refractivity (Wildman–Crippen MR) is 97.4 cm³/mol. The Kier molecular flexibility index (Phi) is 5.27. The van der Waals surface area contributed by atoms with E-state index < -0.39 is 18.0 Å². The number of aromatic nitrogens is 2. The zero-order valence-electron chi connectivity index (χ0n) is 13.0. The molecule has 0 aliphatic rings. The van der Waals surface area contributed by atoms with Gasteiger partial charge in [-0.3, -0.25) is 14.0 Å². The van der Waals surface area contributed by atoms with Crippen LogP contribution >= 0.6 is 34.5 Å². The Morgan fingerprint density at radius 3 is 2.92 bits per heavy atom. The fourth-order valence-electron chi connectivity index (χ4n) is 2.13. The van der Waals surface area contributed by atoms with Crippen LogP contribution in [0.3, 0.4) is 0 Å². The van der Waals surface area contributed by atoms with Gasteiger partial charge < -0.3 is 10.1 Å². The second kappa shape index (κ2) is 7.43. The molecule has 0 aliphatic heterocycles. The summed E-state index contributed by atoms with van der Waals surface area (Å²) in [5.74, 6) is -1.01. The number of anilines is 1. The number of thiazole rings is 1. The highest BCUT2D eigenvalue weighted by atomic mass is 35.5. The number of benzene rings is 1. The van der Waals surface area contributed by atoms with Gasteiger partial charge in [0.1, 0.15) is 0 Å². The zero-order valence-corrected chi connectivity index (χ0v) is 15.4. The number of carbonyl (C=O) groups excluding carboxylic acids is 2. The Balaban J connectivity index is 1.56. The molecule has 1 N–H and O–H groups in total. The third-order valence-electron chi connectivity index (χ3n) is 3.34. The van der Waals surface area contributed by atoms with Crippen molar-refractivity contribution in [1.29, 1.82) is 0 Å². The van der Waals surface area contributed by atoms with Gasteiger partial charge in [-0.05, 0) is 25.1 Å². The molecule has 6 nitrogen and oxygen atoms in total. The lowest BCUT2D eigenvalue weighted by Crippen LogP contribution is -2.30. The predicted octanol–water partition coefficient (Wildman–Crippen LogP) is 3.82. The van der Waals surface area contributed by atoms with Crippen molar-refractivity contribution in [2.24, 2.45) is 0 Å². The van der Waals surface area contributed by atoms with Crippen molar-refractivity contribution in [3.8, 4) is 0 Å². The van der Waals surface area contributed by atoms with Gasteiger partial charge in [0.05, 0.1) is 22.8 Å². The summed E-state index contributed by atoms with van der Waals surface area (Å²) in [6, 6.07) is 4.69. The van der Waals surface area contributed by atoms with Crippen LogP contribution in [0.1, 0.15) is 12.6 Å². The second-order valence-electron chi connectivity index (χ2n) is 5.25. The minimum atomic E-state index is -0.969. The molecule has 130 valence electrons. The first-order valence-electron chi connectivity index (χ1n) is 7.29. The number of ether oxygens (including phenoxy) is 1. The first kappa shape index (κ1) is 17.7. The monoisotopic (exact) mass is 397 g/mol. The highest BCUT2D eigenvalue weighted by Gasteiger charge is 2.20. The molecular formula is C16H13Cl2N3O3S. The van der Waals surface area contributed by atoms with Crippen molar-refractivity contribution < 1.29 is 14.3 Å². The first-order chi connectivity index (χ1) is 11.9. The molecule has 2 heterocycles. The Labute approximate surface area is 157 Å². The Bertz CT molecular complexity index is 909. The Hall–Kier alpha value is -2.09. The molecule has 0 saturated heterocycles. The number of rotatable bonds is 5. The minimum Gasteiger partial charge on any atom is -0.452 e. The summed E-state index contributed by atoms with van der Waals surface area (Å²) in [4.78, 5) is 29.2. The number of fused-ring (bicyclic) bond motifs is 1. The quantitative estimate of drug-likeness (QED) is 0.664. The van der Waals surface area contributed by atoms with Crippen LogP contribution in [0, 0.1) is 0 Å². The van der Waals surface area contributed by atoms with Gasteiger partial charge in [0.15, 0.2) is 11.1 Å². The van der Waals surface area contributed by atoms with Crippen molar-refractivity contribution in [2.45, 2.75) is 19.4 Å². The highest BCUT2D eigenvalue weighted by Crippen LogP contribution is 2.25. The number of nitrogens with one attached hydrogen (secondary N) is 1. The van der Waals surface area contributed by atoms with E-state index in [1.807, 2.05) is 16.0 Å². The molecule has 2 aromatic heterocycles. The lowest BCUT2D eigenvalue weighted by atomic mass is 10.3. The van der Waals surface area contributed by atoms with E-state index in [-0.39, 0.29) is 6.42 Å². The van der Waals surface area contributed by atoms with Crippen molar-refractivity contribution in [2.75, 3.05) is 5.32 Å². The number of hydrogen-bond acceptors (Lipinski definition) is 5. The SMILES string of the molecule is CC(OC(=O)Cc1cn2ccsc2n1)C(=O)Nc1ccc(Cl)cc1Cl. The third-order valence-corrected chi connectivity index (χ3v) is 4.65. The number of amides is 1. The van der Waals surface area contributed by atoms with Gasteiger partial charge in [0, 0.05) is 22.8 Å². The summed E-state index contributed by atoms with van der Waals surface area (Å²) in [5.41, 5.74) is 0.985. The van der Waals surface area contributed by atoms with Crippen molar-refractivity contribution in [3.63, 3.8) is 0 Å². The Morgan fingerprint density at radius 1 is 1.40 bits per heavy atom. The number of imidazole rings is 1. The van der Waals surface area contributed by atoms with Crippen LogP contribution < -0.4 is 5.32 Å². The molecule has 3 aromatic rings. The van der Waals surface area contributed by atoms with Gasteiger partial charge >= 0.3 is 5.97 Å². The van der Waals surface area contributed by atoms with E-state index in [1.165, 1.54) is 24.3 Å². The number of hydrogen-bond donors (Lipinski definition) is 1. The molecule has 0 spiro atoms. The molecule has 9 heteroatoms. The van der Waals surface area contributed by atoms with Gasteiger partial charge in [-0.1, -0.05) is 23.2 Å². The molecule has 25 heavy (non-hydrogen) atoms. The van der Waals surface area contributed by atoms with E-state index in [1.54, 1.807) is 18.3 Å². The van der Waals surface area contributed by atoms with E-state index >= 15 is 0 Å².